The van der Waals surface area contributed by atoms with Gasteiger partial charge in [-0.15, -0.1) is 0 Å². The molecular weight excluding hydrogens is 723 g/mol. The highest BCUT2D eigenvalue weighted by Crippen LogP contribution is 2.43. The van der Waals surface area contributed by atoms with E-state index in [9.17, 15) is 32.6 Å². The topological polar surface area (TPSA) is 206 Å². The SMILES string of the molecule is CCOC(=O)[C@H](C)OP(=O)(O)COc1ccc(C[C@H](NC(=O)O[C@H]2CO[C@H]3OCCC32)[C@H](O)CN(CC(C)C)S(=O)(=O)c2ccc(OC)cc2)cc1. The monoisotopic (exact) mass is 772 g/mol. The van der Waals surface area contributed by atoms with Crippen LogP contribution < -0.4 is 14.8 Å². The molecule has 2 heterocycles. The molecule has 2 aromatic carbocycles. The molecule has 0 radical (unpaired) electrons. The summed E-state index contributed by atoms with van der Waals surface area (Å²) >= 11 is 0. The molecule has 2 saturated heterocycles. The van der Waals surface area contributed by atoms with Crippen LogP contribution in [0, 0.1) is 11.8 Å². The number of methoxy groups -OCH3 is 1. The van der Waals surface area contributed by atoms with E-state index in [2.05, 4.69) is 5.32 Å². The molecule has 18 heteroatoms. The Morgan fingerprint density at radius 1 is 1.04 bits per heavy atom. The number of aliphatic hydroxyl groups excluding tert-OH is 1. The van der Waals surface area contributed by atoms with Crippen LogP contribution in [0.15, 0.2) is 53.4 Å². The van der Waals surface area contributed by atoms with Crippen molar-refractivity contribution in [2.24, 2.45) is 11.8 Å². The van der Waals surface area contributed by atoms with Crippen molar-refractivity contribution in [3.05, 3.63) is 54.1 Å². The van der Waals surface area contributed by atoms with Gasteiger partial charge in [-0.05, 0) is 74.6 Å². The Hall–Kier alpha value is -3.28. The number of amides is 1. The van der Waals surface area contributed by atoms with E-state index >= 15 is 0 Å². The zero-order valence-corrected chi connectivity index (χ0v) is 31.6. The highest BCUT2D eigenvalue weighted by Gasteiger charge is 2.44. The molecule has 0 aromatic heterocycles. The number of benzene rings is 2. The molecule has 2 aromatic rings. The number of esters is 1. The first kappa shape index (κ1) is 41.5. The van der Waals surface area contributed by atoms with Crippen LogP contribution in [-0.2, 0) is 49.3 Å². The molecule has 0 aliphatic carbocycles. The minimum absolute atomic E-state index is 0.0170. The molecule has 290 valence electrons. The third kappa shape index (κ3) is 11.6. The van der Waals surface area contributed by atoms with Gasteiger partial charge in [-0.25, -0.2) is 18.0 Å². The standard InChI is InChI=1S/C34H49N2O14PS/c1-6-45-32(38)23(4)50-51(40,41)21-48-26-9-7-24(8-10-26)17-29(35-34(39)49-31-20-47-33-28(31)15-16-46-33)30(37)19-36(18-22(2)3)52(42,43)27-13-11-25(44-5)12-14-27/h7-14,22-23,28-31,33,37H,6,15-21H2,1-5H3,(H,35,39)(H,40,41)/t23-,28?,29-,30+,31-,33+/m0/s1. The van der Waals surface area contributed by atoms with Gasteiger partial charge in [0.05, 0.1) is 49.9 Å². The summed E-state index contributed by atoms with van der Waals surface area (Å²) < 4.78 is 78.4. The summed E-state index contributed by atoms with van der Waals surface area (Å²) in [5, 5.41) is 14.3. The summed E-state index contributed by atoms with van der Waals surface area (Å²) in [6, 6.07) is 11.2. The molecule has 0 bridgehead atoms. The third-order valence-electron chi connectivity index (χ3n) is 8.38. The van der Waals surface area contributed by atoms with Crippen LogP contribution in [0.25, 0.3) is 0 Å². The van der Waals surface area contributed by atoms with Crippen LogP contribution in [0.1, 0.15) is 39.7 Å². The van der Waals surface area contributed by atoms with Crippen LogP contribution >= 0.6 is 7.60 Å². The first-order valence-corrected chi connectivity index (χ1v) is 20.2. The summed E-state index contributed by atoms with van der Waals surface area (Å²) in [6.45, 7) is 7.08. The Balaban J connectivity index is 1.49. The highest BCUT2D eigenvalue weighted by molar-refractivity contribution is 7.89. The molecule has 16 nitrogen and oxygen atoms in total. The van der Waals surface area contributed by atoms with E-state index in [1.807, 2.05) is 13.8 Å². The van der Waals surface area contributed by atoms with Crippen LogP contribution in [0.2, 0.25) is 0 Å². The van der Waals surface area contributed by atoms with Gasteiger partial charge in [0.2, 0.25) is 10.0 Å². The van der Waals surface area contributed by atoms with Crippen molar-refractivity contribution >= 4 is 29.7 Å². The van der Waals surface area contributed by atoms with Gasteiger partial charge < -0.3 is 43.7 Å². The molecule has 4 rings (SSSR count). The smallest absolute Gasteiger partial charge is 0.407 e. The molecule has 2 aliphatic rings. The first-order valence-electron chi connectivity index (χ1n) is 17.0. The largest absolute Gasteiger partial charge is 0.497 e. The van der Waals surface area contributed by atoms with Crippen molar-refractivity contribution in [1.82, 2.24) is 9.62 Å². The van der Waals surface area contributed by atoms with Gasteiger partial charge in [-0.2, -0.15) is 4.31 Å². The number of rotatable bonds is 19. The fourth-order valence-electron chi connectivity index (χ4n) is 5.78. The molecular formula is C34H49N2O14PS. The van der Waals surface area contributed by atoms with Crippen molar-refractivity contribution in [2.75, 3.05) is 46.4 Å². The number of sulfonamides is 1. The Kier molecular flexibility index (Phi) is 14.9. The van der Waals surface area contributed by atoms with E-state index in [0.29, 0.717) is 24.3 Å². The summed E-state index contributed by atoms with van der Waals surface area (Å²) in [7, 11) is -6.93. The number of alkyl carbamates (subject to hydrolysis) is 1. The van der Waals surface area contributed by atoms with Gasteiger partial charge in [-0.3, -0.25) is 9.09 Å². The summed E-state index contributed by atoms with van der Waals surface area (Å²) in [5.41, 5.74) is 0.609. The molecule has 2 aliphatic heterocycles. The fraction of sp³-hybridized carbons (Fsp3) is 0.588. The summed E-state index contributed by atoms with van der Waals surface area (Å²) in [5.74, 6) is -0.307. The quantitative estimate of drug-likeness (QED) is 0.139. The zero-order valence-electron chi connectivity index (χ0n) is 29.9. The number of carbonyl (C=O) groups is 2. The lowest BCUT2D eigenvalue weighted by atomic mass is 10.0. The van der Waals surface area contributed by atoms with Gasteiger partial charge in [0.15, 0.2) is 18.7 Å². The lowest BCUT2D eigenvalue weighted by Crippen LogP contribution is -2.51. The average Bonchev–Trinajstić information content (AvgIpc) is 3.72. The van der Waals surface area contributed by atoms with Crippen LogP contribution in [-0.4, -0.2) is 112 Å². The van der Waals surface area contributed by atoms with E-state index in [0.717, 1.165) is 0 Å². The fourth-order valence-corrected chi connectivity index (χ4v) is 8.35. The number of ether oxygens (including phenoxy) is 6. The average molecular weight is 773 g/mol. The third-order valence-corrected chi connectivity index (χ3v) is 11.3. The van der Waals surface area contributed by atoms with Crippen LogP contribution in [0.5, 0.6) is 11.5 Å². The number of aliphatic hydroxyl groups is 1. The Labute approximate surface area is 304 Å². The number of fused-ring (bicyclic) bond motifs is 1. The first-order chi connectivity index (χ1) is 24.6. The number of carbonyl (C=O) groups excluding carboxylic acids is 2. The summed E-state index contributed by atoms with van der Waals surface area (Å²) in [4.78, 5) is 35.2. The normalized spacial score (nSPS) is 21.5. The molecule has 7 atom stereocenters. The van der Waals surface area contributed by atoms with Gasteiger partial charge in [0.1, 0.15) is 17.6 Å². The van der Waals surface area contributed by atoms with E-state index in [4.69, 9.17) is 32.9 Å². The number of hydrogen-bond donors (Lipinski definition) is 3. The maximum atomic E-state index is 13.8. The molecule has 2 fully saturated rings. The van der Waals surface area contributed by atoms with Gasteiger partial charge >= 0.3 is 19.7 Å². The lowest BCUT2D eigenvalue weighted by Gasteiger charge is -2.31. The molecule has 3 N–H and O–H groups in total. The number of nitrogens with zero attached hydrogens (tertiary/aromatic N) is 1. The number of hydrogen-bond acceptors (Lipinski definition) is 13. The molecule has 1 amide bonds. The Morgan fingerprint density at radius 3 is 2.35 bits per heavy atom. The second-order valence-corrected chi connectivity index (χ2v) is 16.6. The van der Waals surface area contributed by atoms with Crippen LogP contribution in [0.3, 0.4) is 0 Å². The minimum atomic E-state index is -4.33. The maximum Gasteiger partial charge on any atom is 0.407 e. The highest BCUT2D eigenvalue weighted by atomic mass is 32.2. The number of nitrogens with one attached hydrogen (secondary N) is 1. The van der Waals surface area contributed by atoms with Crippen LogP contribution in [0.4, 0.5) is 4.79 Å². The Morgan fingerprint density at radius 2 is 1.71 bits per heavy atom. The van der Waals surface area contributed by atoms with E-state index < -0.39 is 66.7 Å². The van der Waals surface area contributed by atoms with E-state index in [-0.39, 0.29) is 55.2 Å². The van der Waals surface area contributed by atoms with E-state index in [1.54, 1.807) is 19.1 Å². The Bertz CT molecular complexity index is 1630. The predicted molar refractivity (Wildman–Crippen MR) is 186 cm³/mol. The van der Waals surface area contributed by atoms with Gasteiger partial charge in [0, 0.05) is 13.1 Å². The van der Waals surface area contributed by atoms with Crippen molar-refractivity contribution in [2.45, 2.75) is 76.1 Å². The van der Waals surface area contributed by atoms with Gasteiger partial charge in [0.25, 0.3) is 0 Å². The van der Waals surface area contributed by atoms with Crippen molar-refractivity contribution < 1.29 is 65.5 Å². The molecule has 52 heavy (non-hydrogen) atoms. The molecule has 2 unspecified atom stereocenters. The second-order valence-electron chi connectivity index (χ2n) is 12.9. The molecule has 0 spiro atoms. The van der Waals surface area contributed by atoms with Crippen molar-refractivity contribution in [1.29, 1.82) is 0 Å². The minimum Gasteiger partial charge on any atom is -0.497 e. The van der Waals surface area contributed by atoms with Crippen molar-refractivity contribution in [3.8, 4) is 11.5 Å². The lowest BCUT2D eigenvalue weighted by molar-refractivity contribution is -0.150. The molecule has 0 saturated carbocycles. The van der Waals surface area contributed by atoms with E-state index in [1.165, 1.54) is 54.7 Å². The zero-order chi connectivity index (χ0) is 38.1. The van der Waals surface area contributed by atoms with Gasteiger partial charge in [-0.1, -0.05) is 26.0 Å². The second kappa shape index (κ2) is 18.7. The van der Waals surface area contributed by atoms with Crippen molar-refractivity contribution in [3.63, 3.8) is 0 Å². The predicted octanol–water partition coefficient (Wildman–Crippen LogP) is 3.29. The summed E-state index contributed by atoms with van der Waals surface area (Å²) in [6.07, 6.45) is -4.51. The maximum absolute atomic E-state index is 13.8.